The van der Waals surface area contributed by atoms with Crippen molar-refractivity contribution in [3.8, 4) is 5.75 Å². The summed E-state index contributed by atoms with van der Waals surface area (Å²) >= 11 is 0. The summed E-state index contributed by atoms with van der Waals surface area (Å²) in [6, 6.07) is 8.45. The zero-order chi connectivity index (χ0) is 25.5. The van der Waals surface area contributed by atoms with Crippen LogP contribution in [0.4, 0.5) is 13.2 Å². The predicted molar refractivity (Wildman–Crippen MR) is 133 cm³/mol. The molecule has 2 atom stereocenters. The van der Waals surface area contributed by atoms with Crippen molar-refractivity contribution in [2.75, 3.05) is 0 Å². The highest BCUT2D eigenvalue weighted by Crippen LogP contribution is 2.56. The van der Waals surface area contributed by atoms with Crippen LogP contribution in [-0.2, 0) is 17.5 Å². The Balaban J connectivity index is 1.34. The van der Waals surface area contributed by atoms with Gasteiger partial charge in [-0.15, -0.1) is 0 Å². The van der Waals surface area contributed by atoms with E-state index in [1.807, 2.05) is 6.07 Å². The van der Waals surface area contributed by atoms with E-state index in [0.29, 0.717) is 24.3 Å². The van der Waals surface area contributed by atoms with E-state index in [-0.39, 0.29) is 34.6 Å². The maximum absolute atomic E-state index is 14.2. The molecule has 4 nitrogen and oxygen atoms in total. The molecule has 3 fully saturated rings. The van der Waals surface area contributed by atoms with Gasteiger partial charge in [0.15, 0.2) is 0 Å². The number of carboxylic acid groups (broad SMARTS) is 1. The number of nitrogens with one attached hydrogen (secondary N) is 1. The lowest BCUT2D eigenvalue weighted by atomic mass is 9.50. The van der Waals surface area contributed by atoms with Crippen molar-refractivity contribution in [3.63, 3.8) is 0 Å². The van der Waals surface area contributed by atoms with Gasteiger partial charge in [-0.25, -0.2) is 0 Å². The maximum Gasteiger partial charge on any atom is 0.420 e. The number of carbonyl (C=O) groups is 1. The summed E-state index contributed by atoms with van der Waals surface area (Å²) in [5, 5.41) is 13.9. The van der Waals surface area contributed by atoms with Crippen molar-refractivity contribution in [1.82, 2.24) is 5.32 Å². The number of rotatable bonds is 6. The van der Waals surface area contributed by atoms with E-state index in [1.165, 1.54) is 6.07 Å². The van der Waals surface area contributed by atoms with E-state index in [0.717, 1.165) is 63.4 Å². The number of fused-ring (bicyclic) bond motifs is 1. The van der Waals surface area contributed by atoms with Crippen LogP contribution >= 0.6 is 0 Å². The van der Waals surface area contributed by atoms with Crippen LogP contribution in [0.5, 0.6) is 5.75 Å². The molecule has 36 heavy (non-hydrogen) atoms. The van der Waals surface area contributed by atoms with Crippen LogP contribution in [-0.4, -0.2) is 23.2 Å². The molecular formula is C29H36F3NO3. The van der Waals surface area contributed by atoms with Crippen molar-refractivity contribution in [2.24, 2.45) is 17.3 Å². The molecule has 0 bridgehead atoms. The summed E-state index contributed by atoms with van der Waals surface area (Å²) in [7, 11) is 0. The highest BCUT2D eigenvalue weighted by Gasteiger charge is 2.57. The van der Waals surface area contributed by atoms with Crippen LogP contribution in [0.2, 0.25) is 0 Å². The molecule has 3 aliphatic carbocycles. The highest BCUT2D eigenvalue weighted by molar-refractivity contribution is 5.89. The Kier molecular flexibility index (Phi) is 6.96. The normalized spacial score (nSPS) is 28.1. The van der Waals surface area contributed by atoms with Crippen LogP contribution in [0.15, 0.2) is 30.3 Å². The van der Waals surface area contributed by atoms with Gasteiger partial charge in [0, 0.05) is 12.6 Å². The number of hydrogen-bond acceptors (Lipinski definition) is 3. The number of halogens is 3. The molecule has 2 aromatic carbocycles. The second-order valence-electron chi connectivity index (χ2n) is 11.3. The number of ether oxygens (including phenoxy) is 1. The molecular weight excluding hydrogens is 467 g/mol. The first kappa shape index (κ1) is 25.4. The Hall–Kier alpha value is -2.28. The summed E-state index contributed by atoms with van der Waals surface area (Å²) in [5.74, 6) is -0.486. The first-order chi connectivity index (χ1) is 17.2. The molecule has 196 valence electrons. The topological polar surface area (TPSA) is 58.6 Å². The molecule has 2 aromatic rings. The van der Waals surface area contributed by atoms with Crippen molar-refractivity contribution < 1.29 is 27.8 Å². The number of carboxylic acids is 1. The molecule has 2 unspecified atom stereocenters. The van der Waals surface area contributed by atoms with Gasteiger partial charge >= 0.3 is 12.1 Å². The SMILES string of the molecule is CC1CCC(Oc2ccc3cc(CNC4CC(C(=O)O)C45CCCCC5)ccc3c2C(F)(F)F)CC1. The van der Waals surface area contributed by atoms with Crippen molar-refractivity contribution in [1.29, 1.82) is 0 Å². The smallest absolute Gasteiger partial charge is 0.420 e. The summed E-state index contributed by atoms with van der Waals surface area (Å²) in [6.07, 6.45) is 4.57. The third-order valence-electron chi connectivity index (χ3n) is 9.08. The van der Waals surface area contributed by atoms with Crippen molar-refractivity contribution in [2.45, 2.75) is 96.0 Å². The summed E-state index contributed by atoms with van der Waals surface area (Å²) in [5.41, 5.74) is 0.0194. The average Bonchev–Trinajstić information content (AvgIpc) is 2.84. The lowest BCUT2D eigenvalue weighted by Gasteiger charge is -2.56. The summed E-state index contributed by atoms with van der Waals surface area (Å²) in [4.78, 5) is 11.8. The molecule has 0 aliphatic heterocycles. The van der Waals surface area contributed by atoms with Crippen LogP contribution in [0.1, 0.15) is 82.3 Å². The maximum atomic E-state index is 14.2. The van der Waals surface area contributed by atoms with Gasteiger partial charge in [0.05, 0.1) is 12.0 Å². The lowest BCUT2D eigenvalue weighted by molar-refractivity contribution is -0.161. The van der Waals surface area contributed by atoms with E-state index in [2.05, 4.69) is 12.2 Å². The molecule has 0 radical (unpaired) electrons. The Morgan fingerprint density at radius 1 is 1.08 bits per heavy atom. The van der Waals surface area contributed by atoms with Gasteiger partial charge in [-0.1, -0.05) is 44.4 Å². The quantitative estimate of drug-likeness (QED) is 0.433. The Labute approximate surface area is 210 Å². The number of alkyl halides is 3. The Morgan fingerprint density at radius 3 is 2.47 bits per heavy atom. The first-order valence-corrected chi connectivity index (χ1v) is 13.4. The molecule has 5 rings (SSSR count). The van der Waals surface area contributed by atoms with Gasteiger partial charge in [0.2, 0.25) is 0 Å². The van der Waals surface area contributed by atoms with E-state index in [4.69, 9.17) is 4.74 Å². The summed E-state index contributed by atoms with van der Waals surface area (Å²) < 4.78 is 48.4. The van der Waals surface area contributed by atoms with Crippen molar-refractivity contribution in [3.05, 3.63) is 41.5 Å². The van der Waals surface area contributed by atoms with E-state index >= 15 is 0 Å². The fourth-order valence-electron chi connectivity index (χ4n) is 6.96. The van der Waals surface area contributed by atoms with E-state index < -0.39 is 17.7 Å². The molecule has 3 aliphatic rings. The lowest BCUT2D eigenvalue weighted by Crippen LogP contribution is -2.62. The average molecular weight is 504 g/mol. The van der Waals surface area contributed by atoms with Crippen LogP contribution < -0.4 is 10.1 Å². The van der Waals surface area contributed by atoms with E-state index in [1.54, 1.807) is 18.2 Å². The minimum absolute atomic E-state index is 0.0751. The number of benzene rings is 2. The minimum Gasteiger partial charge on any atom is -0.490 e. The van der Waals surface area contributed by atoms with Gasteiger partial charge in [-0.05, 0) is 84.7 Å². The zero-order valence-corrected chi connectivity index (χ0v) is 20.9. The van der Waals surface area contributed by atoms with Crippen LogP contribution in [0, 0.1) is 17.3 Å². The monoisotopic (exact) mass is 503 g/mol. The van der Waals surface area contributed by atoms with Crippen LogP contribution in [0.3, 0.4) is 0 Å². The van der Waals surface area contributed by atoms with E-state index in [9.17, 15) is 23.1 Å². The van der Waals surface area contributed by atoms with Crippen LogP contribution in [0.25, 0.3) is 10.8 Å². The third-order valence-corrected chi connectivity index (χ3v) is 9.08. The Morgan fingerprint density at radius 2 is 1.81 bits per heavy atom. The molecule has 2 N–H and O–H groups in total. The van der Waals surface area contributed by atoms with Crippen molar-refractivity contribution >= 4 is 16.7 Å². The number of hydrogen-bond donors (Lipinski definition) is 2. The van der Waals surface area contributed by atoms with Gasteiger partial charge in [0.25, 0.3) is 0 Å². The molecule has 7 heteroatoms. The third kappa shape index (κ3) is 4.83. The van der Waals surface area contributed by atoms with Gasteiger partial charge < -0.3 is 15.2 Å². The second-order valence-corrected chi connectivity index (χ2v) is 11.3. The minimum atomic E-state index is -4.51. The van der Waals surface area contributed by atoms with Gasteiger partial charge in [0.1, 0.15) is 11.3 Å². The summed E-state index contributed by atoms with van der Waals surface area (Å²) in [6.45, 7) is 2.68. The Bertz CT molecular complexity index is 1100. The molecule has 0 aromatic heterocycles. The predicted octanol–water partition coefficient (Wildman–Crippen LogP) is 7.33. The zero-order valence-electron chi connectivity index (χ0n) is 20.9. The second kappa shape index (κ2) is 9.88. The fourth-order valence-corrected chi connectivity index (χ4v) is 6.96. The molecule has 0 heterocycles. The molecule has 0 saturated heterocycles. The molecule has 0 amide bonds. The number of aliphatic carboxylic acids is 1. The van der Waals surface area contributed by atoms with Gasteiger partial charge in [-0.2, -0.15) is 13.2 Å². The fraction of sp³-hybridized carbons (Fsp3) is 0.621. The molecule has 1 spiro atoms. The highest BCUT2D eigenvalue weighted by atomic mass is 19.4. The van der Waals surface area contributed by atoms with Gasteiger partial charge in [-0.3, -0.25) is 4.79 Å². The molecule has 3 saturated carbocycles. The first-order valence-electron chi connectivity index (χ1n) is 13.4. The largest absolute Gasteiger partial charge is 0.490 e. The standard InChI is InChI=1S/C29H36F3NO3/c1-18-5-9-21(10-6-18)36-24-12-8-20-15-19(7-11-22(20)26(24)29(30,31)32)17-33-25-16-23(27(34)35)28(25)13-3-2-4-14-28/h7-8,11-12,15,18,21,23,25,33H,2-6,9-10,13-14,16-17H2,1H3,(H,34,35).